The Kier molecular flexibility index (Phi) is 4.18. The predicted molar refractivity (Wildman–Crippen MR) is 58.8 cm³/mol. The fourth-order valence-corrected chi connectivity index (χ4v) is 1.93. The molecule has 2 amide bonds. The number of carboxylic acid groups (broad SMARTS) is 1. The van der Waals surface area contributed by atoms with Gasteiger partial charge in [0.1, 0.15) is 0 Å². The van der Waals surface area contributed by atoms with Crippen LogP contribution in [0.15, 0.2) is 0 Å². The minimum atomic E-state index is -0.782. The summed E-state index contributed by atoms with van der Waals surface area (Å²) in [5.74, 6) is 1.20. The van der Waals surface area contributed by atoms with E-state index in [0.717, 1.165) is 0 Å². The van der Waals surface area contributed by atoms with Crippen molar-refractivity contribution in [2.45, 2.75) is 25.8 Å². The summed E-state index contributed by atoms with van der Waals surface area (Å²) in [5, 5.41) is 11.5. The Balaban J connectivity index is 2.50. The SMILES string of the molecule is C#CCNC(=O)N1CCC(C(=O)O)CC1C. The molecule has 1 saturated heterocycles. The Labute approximate surface area is 94.8 Å². The zero-order valence-corrected chi connectivity index (χ0v) is 9.27. The Bertz CT molecular complexity index is 322. The summed E-state index contributed by atoms with van der Waals surface area (Å²) in [6.07, 6.45) is 6.04. The Morgan fingerprint density at radius 3 is 2.81 bits per heavy atom. The summed E-state index contributed by atoms with van der Waals surface area (Å²) in [7, 11) is 0. The molecule has 1 aliphatic heterocycles. The maximum absolute atomic E-state index is 11.6. The van der Waals surface area contributed by atoms with Crippen LogP contribution in [0.25, 0.3) is 0 Å². The van der Waals surface area contributed by atoms with Crippen LogP contribution < -0.4 is 5.32 Å². The molecule has 1 fully saturated rings. The van der Waals surface area contributed by atoms with Crippen LogP contribution in [-0.2, 0) is 4.79 Å². The van der Waals surface area contributed by atoms with Gasteiger partial charge in [-0.15, -0.1) is 6.42 Å². The molecule has 0 radical (unpaired) electrons. The molecule has 0 aliphatic carbocycles. The molecule has 5 heteroatoms. The number of terminal acetylenes is 1. The van der Waals surface area contributed by atoms with Gasteiger partial charge in [0.05, 0.1) is 12.5 Å². The first-order chi connectivity index (χ1) is 7.56. The maximum atomic E-state index is 11.6. The van der Waals surface area contributed by atoms with E-state index in [4.69, 9.17) is 11.5 Å². The van der Waals surface area contributed by atoms with Crippen molar-refractivity contribution in [1.82, 2.24) is 10.2 Å². The largest absolute Gasteiger partial charge is 0.481 e. The van der Waals surface area contributed by atoms with Crippen LogP contribution in [0.2, 0.25) is 0 Å². The number of carbonyl (C=O) groups excluding carboxylic acids is 1. The molecule has 0 aromatic heterocycles. The van der Waals surface area contributed by atoms with Gasteiger partial charge in [0.2, 0.25) is 0 Å². The number of nitrogens with one attached hydrogen (secondary N) is 1. The highest BCUT2D eigenvalue weighted by Gasteiger charge is 2.31. The third-order valence-electron chi connectivity index (χ3n) is 2.83. The van der Waals surface area contributed by atoms with E-state index >= 15 is 0 Å². The lowest BCUT2D eigenvalue weighted by atomic mass is 9.92. The van der Waals surface area contributed by atoms with E-state index in [0.29, 0.717) is 19.4 Å². The maximum Gasteiger partial charge on any atom is 0.318 e. The van der Waals surface area contributed by atoms with E-state index < -0.39 is 5.97 Å². The van der Waals surface area contributed by atoms with Crippen LogP contribution in [0.1, 0.15) is 19.8 Å². The minimum Gasteiger partial charge on any atom is -0.481 e. The summed E-state index contributed by atoms with van der Waals surface area (Å²) < 4.78 is 0. The van der Waals surface area contributed by atoms with Gasteiger partial charge < -0.3 is 15.3 Å². The lowest BCUT2D eigenvalue weighted by molar-refractivity contribution is -0.143. The van der Waals surface area contributed by atoms with E-state index in [9.17, 15) is 9.59 Å². The number of piperidine rings is 1. The average molecular weight is 224 g/mol. The summed E-state index contributed by atoms with van der Waals surface area (Å²) in [5.41, 5.74) is 0. The van der Waals surface area contributed by atoms with Gasteiger partial charge in [0.15, 0.2) is 0 Å². The molecule has 0 bridgehead atoms. The van der Waals surface area contributed by atoms with Crippen molar-refractivity contribution in [3.05, 3.63) is 0 Å². The van der Waals surface area contributed by atoms with Gasteiger partial charge in [0.25, 0.3) is 0 Å². The van der Waals surface area contributed by atoms with Crippen molar-refractivity contribution in [1.29, 1.82) is 0 Å². The molecule has 16 heavy (non-hydrogen) atoms. The first-order valence-electron chi connectivity index (χ1n) is 5.27. The zero-order valence-electron chi connectivity index (χ0n) is 9.27. The van der Waals surface area contributed by atoms with Gasteiger partial charge in [0, 0.05) is 12.6 Å². The molecular weight excluding hydrogens is 208 g/mol. The van der Waals surface area contributed by atoms with Gasteiger partial charge >= 0.3 is 12.0 Å². The number of urea groups is 1. The number of hydrogen-bond acceptors (Lipinski definition) is 2. The van der Waals surface area contributed by atoms with Crippen LogP contribution in [-0.4, -0.2) is 41.1 Å². The summed E-state index contributed by atoms with van der Waals surface area (Å²) >= 11 is 0. The van der Waals surface area contributed by atoms with Gasteiger partial charge in [-0.05, 0) is 19.8 Å². The molecule has 88 valence electrons. The smallest absolute Gasteiger partial charge is 0.318 e. The number of rotatable bonds is 2. The van der Waals surface area contributed by atoms with E-state index in [1.165, 1.54) is 0 Å². The molecule has 0 saturated carbocycles. The van der Waals surface area contributed by atoms with Gasteiger partial charge in [-0.2, -0.15) is 0 Å². The monoisotopic (exact) mass is 224 g/mol. The fraction of sp³-hybridized carbons (Fsp3) is 0.636. The molecule has 2 N–H and O–H groups in total. The predicted octanol–water partition coefficient (Wildman–Crippen LogP) is 0.514. The number of aliphatic carboxylic acids is 1. The number of nitrogens with zero attached hydrogens (tertiary/aromatic N) is 1. The highest BCUT2D eigenvalue weighted by Crippen LogP contribution is 2.22. The lowest BCUT2D eigenvalue weighted by Gasteiger charge is -2.36. The van der Waals surface area contributed by atoms with Gasteiger partial charge in [-0.1, -0.05) is 5.92 Å². The Hall–Kier alpha value is -1.70. The number of carbonyl (C=O) groups is 2. The second-order valence-electron chi connectivity index (χ2n) is 3.96. The molecule has 0 spiro atoms. The number of carboxylic acids is 1. The van der Waals surface area contributed by atoms with E-state index in [-0.39, 0.29) is 24.5 Å². The topological polar surface area (TPSA) is 69.6 Å². The number of likely N-dealkylation sites (tertiary alicyclic amines) is 1. The molecule has 2 atom stereocenters. The third kappa shape index (κ3) is 2.89. The van der Waals surface area contributed by atoms with Gasteiger partial charge in [-0.3, -0.25) is 4.79 Å². The first-order valence-corrected chi connectivity index (χ1v) is 5.27. The molecule has 2 unspecified atom stereocenters. The normalized spacial score (nSPS) is 24.6. The molecule has 0 aromatic carbocycles. The van der Waals surface area contributed by atoms with Crippen LogP contribution in [0, 0.1) is 18.3 Å². The molecular formula is C11H16N2O3. The van der Waals surface area contributed by atoms with Crippen molar-refractivity contribution in [2.24, 2.45) is 5.92 Å². The highest BCUT2D eigenvalue weighted by molar-refractivity contribution is 5.76. The minimum absolute atomic E-state index is 0.0624. The first kappa shape index (κ1) is 12.4. The summed E-state index contributed by atoms with van der Waals surface area (Å²) in [4.78, 5) is 24.1. The van der Waals surface area contributed by atoms with Crippen LogP contribution >= 0.6 is 0 Å². The van der Waals surface area contributed by atoms with Crippen molar-refractivity contribution >= 4 is 12.0 Å². The van der Waals surface area contributed by atoms with E-state index in [1.807, 2.05) is 6.92 Å². The Morgan fingerprint density at radius 1 is 1.62 bits per heavy atom. The molecule has 0 aromatic rings. The number of hydrogen-bond donors (Lipinski definition) is 2. The second kappa shape index (κ2) is 5.40. The van der Waals surface area contributed by atoms with Crippen molar-refractivity contribution in [2.75, 3.05) is 13.1 Å². The molecule has 5 nitrogen and oxygen atoms in total. The highest BCUT2D eigenvalue weighted by atomic mass is 16.4. The molecule has 1 rings (SSSR count). The van der Waals surface area contributed by atoms with Crippen LogP contribution in [0.4, 0.5) is 4.79 Å². The van der Waals surface area contributed by atoms with Crippen molar-refractivity contribution in [3.63, 3.8) is 0 Å². The van der Waals surface area contributed by atoms with E-state index in [1.54, 1.807) is 4.90 Å². The lowest BCUT2D eigenvalue weighted by Crippen LogP contribution is -2.50. The standard InChI is InChI=1S/C11H16N2O3/c1-3-5-12-11(16)13-6-4-9(10(14)15)7-8(13)2/h1,8-9H,4-7H2,2H3,(H,12,16)(H,14,15). The quantitative estimate of drug-likeness (QED) is 0.672. The van der Waals surface area contributed by atoms with Crippen LogP contribution in [0.3, 0.4) is 0 Å². The van der Waals surface area contributed by atoms with Crippen LogP contribution in [0.5, 0.6) is 0 Å². The van der Waals surface area contributed by atoms with Gasteiger partial charge in [-0.25, -0.2) is 4.79 Å². The zero-order chi connectivity index (χ0) is 12.1. The van der Waals surface area contributed by atoms with Crippen molar-refractivity contribution < 1.29 is 14.7 Å². The third-order valence-corrected chi connectivity index (χ3v) is 2.83. The van der Waals surface area contributed by atoms with E-state index in [2.05, 4.69) is 11.2 Å². The molecule has 1 aliphatic rings. The second-order valence-corrected chi connectivity index (χ2v) is 3.96. The Morgan fingerprint density at radius 2 is 2.31 bits per heavy atom. The summed E-state index contributed by atoms with van der Waals surface area (Å²) in [6.45, 7) is 2.52. The van der Waals surface area contributed by atoms with Crippen molar-refractivity contribution in [3.8, 4) is 12.3 Å². The fourth-order valence-electron chi connectivity index (χ4n) is 1.93. The molecule has 1 heterocycles. The number of amides is 2. The average Bonchev–Trinajstić information content (AvgIpc) is 2.25. The summed E-state index contributed by atoms with van der Waals surface area (Å²) in [6, 6.07) is -0.276.